The average molecular weight is 959 g/mol. The topological polar surface area (TPSA) is 159 Å². The second-order valence-corrected chi connectivity index (χ2v) is 20.1. The lowest BCUT2D eigenvalue weighted by Gasteiger charge is -2.46. The van der Waals surface area contributed by atoms with Crippen molar-refractivity contribution in [2.75, 3.05) is 33.8 Å². The summed E-state index contributed by atoms with van der Waals surface area (Å²) in [6.45, 7) is 6.96. The molecule has 0 saturated carbocycles. The number of carbonyl (C=O) groups is 4. The number of fused-ring (bicyclic) bond motifs is 1. The van der Waals surface area contributed by atoms with Gasteiger partial charge in [-0.15, -0.1) is 0 Å². The van der Waals surface area contributed by atoms with Gasteiger partial charge in [0.25, 0.3) is 0 Å². The van der Waals surface area contributed by atoms with Crippen molar-refractivity contribution in [1.29, 1.82) is 0 Å². The number of aromatic nitrogens is 2. The summed E-state index contributed by atoms with van der Waals surface area (Å²) in [6.07, 6.45) is 4.59. The molecular weight excluding hydrogens is 894 g/mol. The number of aryl methyl sites for hydroxylation is 1. The fourth-order valence-corrected chi connectivity index (χ4v) is 10.6. The second-order valence-electron chi connectivity index (χ2n) is 19.7. The minimum Gasteiger partial charge on any atom is -0.481 e. The Morgan fingerprint density at radius 3 is 2.43 bits per heavy atom. The molecule has 5 atom stereocenters. The monoisotopic (exact) mass is 957 g/mol. The predicted octanol–water partition coefficient (Wildman–Crippen LogP) is 7.58. The van der Waals surface area contributed by atoms with Crippen LogP contribution in [0.5, 0.6) is 11.5 Å². The normalized spacial score (nSPS) is 20.6. The molecule has 4 aromatic carbocycles. The number of nitrogens with zero attached hydrogens (tertiary/aromatic N) is 5. The highest BCUT2D eigenvalue weighted by Crippen LogP contribution is 2.42. The van der Waals surface area contributed by atoms with Crippen LogP contribution < -0.4 is 15.4 Å². The van der Waals surface area contributed by atoms with Crippen molar-refractivity contribution in [3.63, 3.8) is 0 Å². The number of hydrogen-bond acceptors (Lipinski definition) is 9. The number of para-hydroxylation sites is 1. The molecule has 0 bridgehead atoms. The van der Waals surface area contributed by atoms with Crippen LogP contribution in [0, 0.1) is 5.92 Å². The van der Waals surface area contributed by atoms with Gasteiger partial charge in [-0.25, -0.2) is 4.98 Å². The largest absolute Gasteiger partial charge is 0.481 e. The van der Waals surface area contributed by atoms with Gasteiger partial charge in [0.15, 0.2) is 0 Å². The van der Waals surface area contributed by atoms with E-state index in [4.69, 9.17) is 21.1 Å². The van der Waals surface area contributed by atoms with Gasteiger partial charge in [-0.2, -0.15) is 0 Å². The van der Waals surface area contributed by atoms with E-state index in [9.17, 15) is 24.3 Å². The summed E-state index contributed by atoms with van der Waals surface area (Å²) in [5.41, 5.74) is 3.91. The molecule has 0 spiro atoms. The molecule has 3 N–H and O–H groups in total. The molecule has 2 saturated heterocycles. The number of ether oxygens (including phenoxy) is 2. The number of piperidine rings is 1. The van der Waals surface area contributed by atoms with E-state index in [1.807, 2.05) is 112 Å². The van der Waals surface area contributed by atoms with E-state index in [2.05, 4.69) is 25.1 Å². The third-order valence-electron chi connectivity index (χ3n) is 14.0. The number of amides is 3. The number of likely N-dealkylation sites (tertiary alicyclic amines) is 1. The Morgan fingerprint density at radius 2 is 1.70 bits per heavy atom. The van der Waals surface area contributed by atoms with Crippen LogP contribution in [0.3, 0.4) is 0 Å². The van der Waals surface area contributed by atoms with Crippen molar-refractivity contribution in [3.8, 4) is 22.8 Å². The highest BCUT2D eigenvalue weighted by Gasteiger charge is 2.50. The fourth-order valence-electron chi connectivity index (χ4n) is 10.5. The number of nitrogens with one attached hydrogen (secondary N) is 2. The summed E-state index contributed by atoms with van der Waals surface area (Å²) >= 11 is 6.29. The first kappa shape index (κ1) is 49.4. The van der Waals surface area contributed by atoms with Gasteiger partial charge in [-0.1, -0.05) is 66.2 Å². The van der Waals surface area contributed by atoms with Gasteiger partial charge >= 0.3 is 5.97 Å². The van der Waals surface area contributed by atoms with Crippen LogP contribution in [0.4, 0.5) is 0 Å². The van der Waals surface area contributed by atoms with Gasteiger partial charge < -0.3 is 39.6 Å². The van der Waals surface area contributed by atoms with E-state index in [1.54, 1.807) is 37.8 Å². The van der Waals surface area contributed by atoms with Crippen molar-refractivity contribution in [2.45, 2.75) is 102 Å². The highest BCUT2D eigenvalue weighted by molar-refractivity contribution is 6.30. The Kier molecular flexibility index (Phi) is 14.9. The minimum absolute atomic E-state index is 0.0218. The van der Waals surface area contributed by atoms with Gasteiger partial charge in [0.1, 0.15) is 29.1 Å². The second kappa shape index (κ2) is 20.9. The number of carboxylic acid groups (broad SMARTS) is 1. The maximum atomic E-state index is 14.8. The first-order valence-electron chi connectivity index (χ1n) is 23.9. The first-order valence-corrected chi connectivity index (χ1v) is 24.3. The van der Waals surface area contributed by atoms with Crippen LogP contribution >= 0.6 is 11.6 Å². The molecule has 5 aromatic rings. The molecule has 8 rings (SSSR count). The lowest BCUT2D eigenvalue weighted by atomic mass is 9.80. The van der Waals surface area contributed by atoms with Gasteiger partial charge in [0, 0.05) is 42.8 Å². The standard InChI is InChI=1S/C54H64ClN7O7/c1-35(56-30-39-13-8-10-15-47(39)69-41-23-18-38(19-24-41)45-31-57-48(60(45)6)32-59(4)5)51(66)62-46(33-68-53(62,2)3)50(65)58-54(29-36-16-21-40(55)22-17-36)26-11-27-61(34-54)52(67)44(28-49(63)64)43-25-20-37-12-7-9-14-42(37)43/h7-10,12-19,21-24,31,35,43-44,46,56H,11,20,25-30,32-34H2,1-6H3,(H,58,65)(H,63,64)/t35?,43-,44?,46?,54?/m1/s1. The quantitative estimate of drug-likeness (QED) is 0.0849. The summed E-state index contributed by atoms with van der Waals surface area (Å²) < 4.78 is 14.7. The van der Waals surface area contributed by atoms with Gasteiger partial charge in [-0.3, -0.25) is 24.1 Å². The Hall–Kier alpha value is -6.06. The number of hydrogen-bond donors (Lipinski definition) is 3. The Morgan fingerprint density at radius 1 is 0.971 bits per heavy atom. The molecule has 364 valence electrons. The predicted molar refractivity (Wildman–Crippen MR) is 265 cm³/mol. The van der Waals surface area contributed by atoms with Gasteiger partial charge in [0.05, 0.1) is 49.0 Å². The van der Waals surface area contributed by atoms with Crippen LogP contribution in [0.25, 0.3) is 11.3 Å². The van der Waals surface area contributed by atoms with Crippen molar-refractivity contribution < 1.29 is 33.8 Å². The van der Waals surface area contributed by atoms with Crippen LogP contribution in [-0.2, 0) is 56.9 Å². The highest BCUT2D eigenvalue weighted by atomic mass is 35.5. The van der Waals surface area contributed by atoms with Crippen molar-refractivity contribution >= 4 is 35.3 Å². The summed E-state index contributed by atoms with van der Waals surface area (Å²) in [5.74, 6) is -0.660. The summed E-state index contributed by atoms with van der Waals surface area (Å²) in [7, 11) is 6.05. The van der Waals surface area contributed by atoms with E-state index >= 15 is 0 Å². The van der Waals surface area contributed by atoms with E-state index < -0.39 is 41.1 Å². The molecule has 2 fully saturated rings. The average Bonchev–Trinajstić information content (AvgIpc) is 4.02. The number of carbonyl (C=O) groups excluding carboxylic acids is 3. The van der Waals surface area contributed by atoms with Gasteiger partial charge in [0.2, 0.25) is 17.7 Å². The third kappa shape index (κ3) is 11.2. The summed E-state index contributed by atoms with van der Waals surface area (Å²) in [4.78, 5) is 66.3. The van der Waals surface area contributed by atoms with E-state index in [1.165, 1.54) is 4.90 Å². The van der Waals surface area contributed by atoms with Crippen LogP contribution in [0.15, 0.2) is 103 Å². The van der Waals surface area contributed by atoms with Gasteiger partial charge in [-0.05, 0) is 132 Å². The third-order valence-corrected chi connectivity index (χ3v) is 14.2. The molecule has 3 amide bonds. The number of imidazole rings is 1. The van der Waals surface area contributed by atoms with Crippen LogP contribution in [0.2, 0.25) is 5.02 Å². The zero-order valence-electron chi connectivity index (χ0n) is 40.4. The number of aliphatic carboxylic acids is 1. The Labute approximate surface area is 409 Å². The molecule has 0 radical (unpaired) electrons. The van der Waals surface area contributed by atoms with Crippen molar-refractivity contribution in [2.24, 2.45) is 13.0 Å². The molecule has 14 nitrogen and oxygen atoms in total. The molecule has 4 unspecified atom stereocenters. The molecule has 2 aliphatic heterocycles. The van der Waals surface area contributed by atoms with E-state index in [0.29, 0.717) is 55.3 Å². The molecular formula is C54H64ClN7O7. The number of rotatable bonds is 17. The maximum Gasteiger partial charge on any atom is 0.304 e. The number of halogens is 1. The van der Waals surface area contributed by atoms with E-state index in [0.717, 1.165) is 52.3 Å². The molecule has 69 heavy (non-hydrogen) atoms. The van der Waals surface area contributed by atoms with E-state index in [-0.39, 0.29) is 37.3 Å². The van der Waals surface area contributed by atoms with Crippen LogP contribution in [-0.4, -0.2) is 110 Å². The molecule has 15 heteroatoms. The van der Waals surface area contributed by atoms with Crippen molar-refractivity contribution in [1.82, 2.24) is 34.9 Å². The Bertz CT molecular complexity index is 2650. The Balaban J connectivity index is 0.965. The summed E-state index contributed by atoms with van der Waals surface area (Å²) in [6, 6.07) is 29.2. The zero-order chi connectivity index (χ0) is 49.0. The molecule has 1 aromatic heterocycles. The minimum atomic E-state index is -1.11. The molecule has 3 aliphatic rings. The fraction of sp³-hybridized carbons (Fsp3) is 0.426. The first-order chi connectivity index (χ1) is 33.0. The molecule has 3 heterocycles. The lowest BCUT2D eigenvalue weighted by Crippen LogP contribution is -2.65. The maximum absolute atomic E-state index is 14.8. The van der Waals surface area contributed by atoms with Crippen molar-refractivity contribution in [3.05, 3.63) is 136 Å². The SMILES string of the molecule is CC(NCc1ccccc1Oc1ccc(-c2cnc(CN(C)C)n2C)cc1)C(=O)N1C(C(=O)NC2(Cc3ccc(Cl)cc3)CCCN(C(=O)C(CC(=O)O)[C@@H]3CCc4ccccc43)C2)COC1(C)C. The number of benzene rings is 4. The number of carboxylic acids is 1. The lowest BCUT2D eigenvalue weighted by molar-refractivity contribution is -0.152. The van der Waals surface area contributed by atoms with Crippen LogP contribution in [0.1, 0.15) is 80.5 Å². The summed E-state index contributed by atoms with van der Waals surface area (Å²) in [5, 5.41) is 17.4. The zero-order valence-corrected chi connectivity index (χ0v) is 41.2. The smallest absolute Gasteiger partial charge is 0.304 e. The molecule has 1 aliphatic carbocycles.